The zero-order valence-corrected chi connectivity index (χ0v) is 9.39. The lowest BCUT2D eigenvalue weighted by Crippen LogP contribution is -2.24. The molecule has 0 amide bonds. The fraction of sp³-hybridized carbons (Fsp3) is 0.455. The fourth-order valence-corrected chi connectivity index (χ4v) is 1.68. The molecule has 1 aromatic carbocycles. The van der Waals surface area contributed by atoms with Gasteiger partial charge in [-0.25, -0.2) is 4.39 Å². The summed E-state index contributed by atoms with van der Waals surface area (Å²) >= 11 is 5.70. The first-order valence-electron chi connectivity index (χ1n) is 4.98. The summed E-state index contributed by atoms with van der Waals surface area (Å²) in [6.45, 7) is 2.44. The van der Waals surface area contributed by atoms with Crippen LogP contribution in [0, 0.1) is 5.82 Å². The number of hydrogen-bond acceptors (Lipinski definition) is 2. The predicted octanol–water partition coefficient (Wildman–Crippen LogP) is 2.51. The first-order valence-corrected chi connectivity index (χ1v) is 5.36. The number of aliphatic hydroxyl groups excluding tert-OH is 1. The third-order valence-corrected chi connectivity index (χ3v) is 2.56. The Hall–Kier alpha value is -0.640. The number of aliphatic hydroxyl groups is 1. The van der Waals surface area contributed by atoms with E-state index in [-0.39, 0.29) is 23.5 Å². The van der Waals surface area contributed by atoms with Crippen LogP contribution in [0.4, 0.5) is 4.39 Å². The highest BCUT2D eigenvalue weighted by Gasteiger charge is 2.14. The molecule has 0 saturated carbocycles. The van der Waals surface area contributed by atoms with Crippen LogP contribution in [0.25, 0.3) is 0 Å². The van der Waals surface area contributed by atoms with Gasteiger partial charge in [-0.2, -0.15) is 0 Å². The second kappa shape index (κ2) is 6.05. The van der Waals surface area contributed by atoms with E-state index in [0.29, 0.717) is 12.1 Å². The van der Waals surface area contributed by atoms with Crippen LogP contribution in [0.5, 0.6) is 0 Å². The first-order chi connectivity index (χ1) is 7.20. The van der Waals surface area contributed by atoms with Gasteiger partial charge in [0.1, 0.15) is 5.82 Å². The van der Waals surface area contributed by atoms with Gasteiger partial charge in [0.2, 0.25) is 0 Å². The minimum atomic E-state index is -0.378. The number of rotatable bonds is 5. The maximum atomic E-state index is 13.6. The Morgan fingerprint density at radius 1 is 1.53 bits per heavy atom. The summed E-state index contributed by atoms with van der Waals surface area (Å²) in [6.07, 6.45) is 0.747. The molecule has 2 N–H and O–H groups in total. The van der Waals surface area contributed by atoms with Gasteiger partial charge in [-0.1, -0.05) is 30.7 Å². The number of halogens is 2. The maximum absolute atomic E-state index is 13.6. The topological polar surface area (TPSA) is 32.3 Å². The standard InChI is InChI=1S/C11H15ClFNO/c1-2-10(14-6-7-15)8-4-3-5-9(12)11(8)13/h3-5,10,14-15H,2,6-7H2,1H3/t10-/m0/s1. The lowest BCUT2D eigenvalue weighted by molar-refractivity contribution is 0.282. The lowest BCUT2D eigenvalue weighted by Gasteiger charge is -2.17. The molecular weight excluding hydrogens is 217 g/mol. The van der Waals surface area contributed by atoms with Crippen molar-refractivity contribution in [1.29, 1.82) is 0 Å². The molecule has 1 rings (SSSR count). The van der Waals surface area contributed by atoms with Crippen molar-refractivity contribution in [2.24, 2.45) is 0 Å². The maximum Gasteiger partial charge on any atom is 0.146 e. The molecule has 0 fully saturated rings. The molecule has 2 nitrogen and oxygen atoms in total. The summed E-state index contributed by atoms with van der Waals surface area (Å²) in [7, 11) is 0. The molecule has 0 saturated heterocycles. The van der Waals surface area contributed by atoms with E-state index >= 15 is 0 Å². The second-order valence-corrected chi connectivity index (χ2v) is 3.69. The molecule has 0 spiro atoms. The molecule has 0 aliphatic carbocycles. The quantitative estimate of drug-likeness (QED) is 0.816. The van der Waals surface area contributed by atoms with E-state index in [1.165, 1.54) is 6.07 Å². The molecule has 84 valence electrons. The van der Waals surface area contributed by atoms with Crippen LogP contribution in [0.3, 0.4) is 0 Å². The highest BCUT2D eigenvalue weighted by atomic mass is 35.5. The summed E-state index contributed by atoms with van der Waals surface area (Å²) in [6, 6.07) is 4.86. The molecular formula is C11H15ClFNO. The number of nitrogens with one attached hydrogen (secondary N) is 1. The van der Waals surface area contributed by atoms with Crippen LogP contribution in [0.1, 0.15) is 24.9 Å². The lowest BCUT2D eigenvalue weighted by atomic mass is 10.0. The predicted molar refractivity (Wildman–Crippen MR) is 59.5 cm³/mol. The molecule has 0 heterocycles. The summed E-state index contributed by atoms with van der Waals surface area (Å²) in [5, 5.41) is 11.9. The van der Waals surface area contributed by atoms with Gasteiger partial charge in [0.25, 0.3) is 0 Å². The van der Waals surface area contributed by atoms with Gasteiger partial charge in [0.15, 0.2) is 0 Å². The normalized spacial score (nSPS) is 12.8. The van der Waals surface area contributed by atoms with Crippen LogP contribution in [0.15, 0.2) is 18.2 Å². The van der Waals surface area contributed by atoms with Gasteiger partial charge < -0.3 is 10.4 Å². The van der Waals surface area contributed by atoms with E-state index in [1.807, 2.05) is 6.92 Å². The van der Waals surface area contributed by atoms with Gasteiger partial charge in [-0.3, -0.25) is 0 Å². The van der Waals surface area contributed by atoms with Gasteiger partial charge in [-0.15, -0.1) is 0 Å². The minimum absolute atomic E-state index is 0.0404. The van der Waals surface area contributed by atoms with Crippen molar-refractivity contribution in [2.45, 2.75) is 19.4 Å². The van der Waals surface area contributed by atoms with Crippen molar-refractivity contribution < 1.29 is 9.50 Å². The third-order valence-electron chi connectivity index (χ3n) is 2.27. The highest BCUT2D eigenvalue weighted by Crippen LogP contribution is 2.24. The van der Waals surface area contributed by atoms with E-state index < -0.39 is 0 Å². The Balaban J connectivity index is 2.86. The third kappa shape index (κ3) is 3.16. The van der Waals surface area contributed by atoms with Gasteiger partial charge in [-0.05, 0) is 12.5 Å². The molecule has 1 atom stereocenters. The zero-order chi connectivity index (χ0) is 11.3. The fourth-order valence-electron chi connectivity index (χ4n) is 1.50. The van der Waals surface area contributed by atoms with Gasteiger partial charge >= 0.3 is 0 Å². The minimum Gasteiger partial charge on any atom is -0.395 e. The number of hydrogen-bond donors (Lipinski definition) is 2. The van der Waals surface area contributed by atoms with Crippen molar-refractivity contribution in [3.63, 3.8) is 0 Å². The van der Waals surface area contributed by atoms with Crippen LogP contribution in [0.2, 0.25) is 5.02 Å². The monoisotopic (exact) mass is 231 g/mol. The Kier molecular flexibility index (Phi) is 5.02. The van der Waals surface area contributed by atoms with E-state index in [1.54, 1.807) is 12.1 Å². The Morgan fingerprint density at radius 2 is 2.27 bits per heavy atom. The molecule has 0 aromatic heterocycles. The smallest absolute Gasteiger partial charge is 0.146 e. The molecule has 0 unspecified atom stereocenters. The Bertz CT molecular complexity index is 319. The summed E-state index contributed by atoms with van der Waals surface area (Å²) in [5.41, 5.74) is 0.554. The Morgan fingerprint density at radius 3 is 2.87 bits per heavy atom. The molecule has 0 radical (unpaired) electrons. The largest absolute Gasteiger partial charge is 0.395 e. The van der Waals surface area contributed by atoms with Crippen molar-refractivity contribution in [2.75, 3.05) is 13.2 Å². The summed E-state index contributed by atoms with van der Waals surface area (Å²) in [5.74, 6) is -0.378. The SMILES string of the molecule is CC[C@H](NCCO)c1cccc(Cl)c1F. The van der Waals surface area contributed by atoms with Crippen LogP contribution in [-0.2, 0) is 0 Å². The van der Waals surface area contributed by atoms with Crippen molar-refractivity contribution in [1.82, 2.24) is 5.32 Å². The van der Waals surface area contributed by atoms with Crippen LogP contribution >= 0.6 is 11.6 Å². The second-order valence-electron chi connectivity index (χ2n) is 3.28. The molecule has 0 bridgehead atoms. The number of benzene rings is 1. The molecule has 1 aromatic rings. The van der Waals surface area contributed by atoms with Crippen molar-refractivity contribution in [3.05, 3.63) is 34.6 Å². The van der Waals surface area contributed by atoms with E-state index in [0.717, 1.165) is 6.42 Å². The molecule has 0 aliphatic heterocycles. The van der Waals surface area contributed by atoms with E-state index in [2.05, 4.69) is 5.32 Å². The van der Waals surface area contributed by atoms with Crippen LogP contribution < -0.4 is 5.32 Å². The van der Waals surface area contributed by atoms with Gasteiger partial charge in [0, 0.05) is 18.2 Å². The van der Waals surface area contributed by atoms with E-state index in [4.69, 9.17) is 16.7 Å². The highest BCUT2D eigenvalue weighted by molar-refractivity contribution is 6.30. The molecule has 0 aliphatic rings. The Labute approximate surface area is 94.1 Å². The average Bonchev–Trinajstić information content (AvgIpc) is 2.25. The van der Waals surface area contributed by atoms with Gasteiger partial charge in [0.05, 0.1) is 11.6 Å². The molecule has 4 heteroatoms. The van der Waals surface area contributed by atoms with Crippen molar-refractivity contribution >= 4 is 11.6 Å². The summed E-state index contributed by atoms with van der Waals surface area (Å²) < 4.78 is 13.6. The average molecular weight is 232 g/mol. The molecule has 15 heavy (non-hydrogen) atoms. The summed E-state index contributed by atoms with van der Waals surface area (Å²) in [4.78, 5) is 0. The first kappa shape index (κ1) is 12.4. The van der Waals surface area contributed by atoms with Crippen LogP contribution in [-0.4, -0.2) is 18.3 Å². The van der Waals surface area contributed by atoms with Crippen molar-refractivity contribution in [3.8, 4) is 0 Å². The van der Waals surface area contributed by atoms with E-state index in [9.17, 15) is 4.39 Å². The zero-order valence-electron chi connectivity index (χ0n) is 8.63.